The van der Waals surface area contributed by atoms with Crippen LogP contribution in [0.4, 0.5) is 17.6 Å². The van der Waals surface area contributed by atoms with E-state index in [1.165, 1.54) is 0 Å². The summed E-state index contributed by atoms with van der Waals surface area (Å²) in [6.45, 7) is 2.03. The zero-order chi connectivity index (χ0) is 16.1. The minimum atomic E-state index is 0.0408. The molecule has 0 aliphatic heterocycles. The van der Waals surface area contributed by atoms with E-state index in [1.54, 1.807) is 24.2 Å². The fourth-order valence-corrected chi connectivity index (χ4v) is 2.87. The van der Waals surface area contributed by atoms with Gasteiger partial charge in [0.25, 0.3) is 0 Å². The monoisotopic (exact) mass is 324 g/mol. The van der Waals surface area contributed by atoms with Gasteiger partial charge in [-0.3, -0.25) is 4.98 Å². The Bertz CT molecular complexity index is 766. The Balaban J connectivity index is 1.79. The summed E-state index contributed by atoms with van der Waals surface area (Å²) in [4.78, 5) is 18.0. The number of anilines is 3. The molecule has 3 N–H and O–H groups in total. The fourth-order valence-electron chi connectivity index (χ4n) is 1.97. The number of nitrogens with two attached hydrogens (primary N) is 1. The zero-order valence-corrected chi connectivity index (χ0v) is 13.4. The Kier molecular flexibility index (Phi) is 4.68. The van der Waals surface area contributed by atoms with Crippen LogP contribution < -0.4 is 11.1 Å². The average molecular weight is 324 g/mol. The van der Waals surface area contributed by atoms with Crippen molar-refractivity contribution in [3.63, 3.8) is 0 Å². The van der Waals surface area contributed by atoms with Gasteiger partial charge in [-0.05, 0) is 31.2 Å². The van der Waals surface area contributed by atoms with Gasteiger partial charge < -0.3 is 11.1 Å². The second kappa shape index (κ2) is 7.06. The van der Waals surface area contributed by atoms with Crippen LogP contribution in [0.15, 0.2) is 59.8 Å². The lowest BCUT2D eigenvalue weighted by Gasteiger charge is -2.12. The van der Waals surface area contributed by atoms with Crippen molar-refractivity contribution in [2.45, 2.75) is 17.1 Å². The SMILES string of the molecule is C[C@H](Sc1ccncc1)c1nc(N)nc(Nc2ccccc2)n1. The van der Waals surface area contributed by atoms with E-state index in [2.05, 4.69) is 25.3 Å². The number of nitrogen functional groups attached to an aromatic ring is 1. The maximum atomic E-state index is 5.82. The molecule has 116 valence electrons. The van der Waals surface area contributed by atoms with Crippen molar-refractivity contribution in [2.24, 2.45) is 0 Å². The van der Waals surface area contributed by atoms with Crippen molar-refractivity contribution < 1.29 is 0 Å². The molecule has 6 nitrogen and oxygen atoms in total. The minimum absolute atomic E-state index is 0.0408. The van der Waals surface area contributed by atoms with Crippen LogP contribution in [-0.2, 0) is 0 Å². The van der Waals surface area contributed by atoms with Crippen LogP contribution in [0.3, 0.4) is 0 Å². The molecule has 0 bridgehead atoms. The highest BCUT2D eigenvalue weighted by Gasteiger charge is 2.13. The first-order valence-electron chi connectivity index (χ1n) is 7.11. The van der Waals surface area contributed by atoms with Crippen LogP contribution in [-0.4, -0.2) is 19.9 Å². The van der Waals surface area contributed by atoms with Gasteiger partial charge in [0, 0.05) is 23.0 Å². The van der Waals surface area contributed by atoms with Gasteiger partial charge in [0.2, 0.25) is 11.9 Å². The van der Waals surface area contributed by atoms with E-state index >= 15 is 0 Å². The van der Waals surface area contributed by atoms with Crippen molar-refractivity contribution in [2.75, 3.05) is 11.1 Å². The van der Waals surface area contributed by atoms with Crippen LogP contribution >= 0.6 is 11.8 Å². The second-order valence-electron chi connectivity index (χ2n) is 4.81. The second-order valence-corrected chi connectivity index (χ2v) is 6.22. The Labute approximate surface area is 138 Å². The minimum Gasteiger partial charge on any atom is -0.368 e. The first-order valence-corrected chi connectivity index (χ1v) is 7.99. The molecule has 1 aromatic carbocycles. The van der Waals surface area contributed by atoms with E-state index in [4.69, 9.17) is 5.73 Å². The molecule has 0 fully saturated rings. The zero-order valence-electron chi connectivity index (χ0n) is 12.5. The van der Waals surface area contributed by atoms with Crippen LogP contribution in [0.2, 0.25) is 0 Å². The summed E-state index contributed by atoms with van der Waals surface area (Å²) in [5.74, 6) is 1.29. The summed E-state index contributed by atoms with van der Waals surface area (Å²) < 4.78 is 0. The third kappa shape index (κ3) is 4.17. The van der Waals surface area contributed by atoms with Crippen LogP contribution in [0, 0.1) is 0 Å². The molecule has 3 rings (SSSR count). The van der Waals surface area contributed by atoms with Crippen molar-refractivity contribution in [1.29, 1.82) is 0 Å². The molecule has 0 saturated heterocycles. The third-order valence-corrected chi connectivity index (χ3v) is 4.13. The lowest BCUT2D eigenvalue weighted by atomic mass is 10.3. The molecular weight excluding hydrogens is 308 g/mol. The summed E-state index contributed by atoms with van der Waals surface area (Å²) in [5.41, 5.74) is 6.72. The molecule has 0 radical (unpaired) electrons. The Morgan fingerprint density at radius 1 is 1.00 bits per heavy atom. The van der Waals surface area contributed by atoms with Crippen molar-refractivity contribution in [1.82, 2.24) is 19.9 Å². The maximum absolute atomic E-state index is 5.82. The topological polar surface area (TPSA) is 89.6 Å². The highest BCUT2D eigenvalue weighted by atomic mass is 32.2. The molecule has 1 atom stereocenters. The Hall–Kier alpha value is -2.67. The highest BCUT2D eigenvalue weighted by Crippen LogP contribution is 2.33. The van der Waals surface area contributed by atoms with Crippen molar-refractivity contribution in [3.8, 4) is 0 Å². The van der Waals surface area contributed by atoms with Crippen LogP contribution in [0.25, 0.3) is 0 Å². The van der Waals surface area contributed by atoms with Gasteiger partial charge in [-0.15, -0.1) is 11.8 Å². The lowest BCUT2D eigenvalue weighted by molar-refractivity contribution is 0.896. The first kappa shape index (κ1) is 15.2. The molecule has 2 aromatic heterocycles. The quantitative estimate of drug-likeness (QED) is 0.695. The Morgan fingerprint density at radius 2 is 1.74 bits per heavy atom. The standard InChI is InChI=1S/C16H16N6S/c1-11(23-13-7-9-18-10-8-13)14-20-15(17)22-16(21-14)19-12-5-3-2-4-6-12/h2-11H,1H3,(H3,17,19,20,21,22)/t11-/m0/s1. The van der Waals surface area contributed by atoms with Gasteiger partial charge in [0.05, 0.1) is 5.25 Å². The molecule has 0 aliphatic carbocycles. The number of aromatic nitrogens is 4. The maximum Gasteiger partial charge on any atom is 0.232 e. The summed E-state index contributed by atoms with van der Waals surface area (Å²) in [7, 11) is 0. The molecule has 0 spiro atoms. The van der Waals surface area contributed by atoms with Crippen molar-refractivity contribution in [3.05, 3.63) is 60.7 Å². The Morgan fingerprint density at radius 3 is 2.48 bits per heavy atom. The van der Waals surface area contributed by atoms with E-state index in [-0.39, 0.29) is 11.2 Å². The molecule has 0 saturated carbocycles. The number of hydrogen-bond acceptors (Lipinski definition) is 7. The molecule has 23 heavy (non-hydrogen) atoms. The molecule has 0 amide bonds. The first-order chi connectivity index (χ1) is 11.2. The molecular formula is C16H16N6S. The number of nitrogens with zero attached hydrogens (tertiary/aromatic N) is 4. The van der Waals surface area contributed by atoms with E-state index in [9.17, 15) is 0 Å². The average Bonchev–Trinajstić information content (AvgIpc) is 2.56. The lowest BCUT2D eigenvalue weighted by Crippen LogP contribution is -2.08. The summed E-state index contributed by atoms with van der Waals surface area (Å²) in [6, 6.07) is 13.6. The molecule has 7 heteroatoms. The highest BCUT2D eigenvalue weighted by molar-refractivity contribution is 7.99. The fraction of sp³-hybridized carbons (Fsp3) is 0.125. The molecule has 2 heterocycles. The number of rotatable bonds is 5. The molecule has 0 aliphatic rings. The summed E-state index contributed by atoms with van der Waals surface area (Å²) >= 11 is 1.64. The largest absolute Gasteiger partial charge is 0.368 e. The van der Waals surface area contributed by atoms with Crippen LogP contribution in [0.5, 0.6) is 0 Å². The van der Waals surface area contributed by atoms with Gasteiger partial charge in [0.15, 0.2) is 0 Å². The molecule has 0 unspecified atom stereocenters. The third-order valence-electron chi connectivity index (χ3n) is 3.03. The predicted molar refractivity (Wildman–Crippen MR) is 92.5 cm³/mol. The number of hydrogen-bond donors (Lipinski definition) is 2. The molecule has 3 aromatic rings. The number of nitrogens with one attached hydrogen (secondary N) is 1. The van der Waals surface area contributed by atoms with Crippen LogP contribution in [0.1, 0.15) is 18.0 Å². The number of pyridine rings is 1. The van der Waals surface area contributed by atoms with E-state index in [1.807, 2.05) is 49.4 Å². The van der Waals surface area contributed by atoms with E-state index in [0.717, 1.165) is 10.6 Å². The number of para-hydroxylation sites is 1. The number of thioether (sulfide) groups is 1. The van der Waals surface area contributed by atoms with Gasteiger partial charge in [-0.2, -0.15) is 15.0 Å². The summed E-state index contributed by atoms with van der Waals surface area (Å²) in [6.07, 6.45) is 3.53. The number of benzene rings is 1. The van der Waals surface area contributed by atoms with E-state index in [0.29, 0.717) is 11.8 Å². The van der Waals surface area contributed by atoms with Gasteiger partial charge >= 0.3 is 0 Å². The van der Waals surface area contributed by atoms with E-state index < -0.39 is 0 Å². The van der Waals surface area contributed by atoms with Gasteiger partial charge in [0.1, 0.15) is 5.82 Å². The predicted octanol–water partition coefficient (Wildman–Crippen LogP) is 3.45. The normalized spacial score (nSPS) is 11.9. The summed E-state index contributed by atoms with van der Waals surface area (Å²) in [5, 5.41) is 3.18. The van der Waals surface area contributed by atoms with Gasteiger partial charge in [-0.1, -0.05) is 18.2 Å². The smallest absolute Gasteiger partial charge is 0.232 e. The van der Waals surface area contributed by atoms with Crippen molar-refractivity contribution >= 4 is 29.3 Å². The van der Waals surface area contributed by atoms with Gasteiger partial charge in [-0.25, -0.2) is 0 Å².